The highest BCUT2D eigenvalue weighted by Crippen LogP contribution is 2.43. The van der Waals surface area contributed by atoms with Crippen molar-refractivity contribution in [1.82, 2.24) is 5.32 Å². The van der Waals surface area contributed by atoms with Crippen LogP contribution in [0.25, 0.3) is 0 Å². The second-order valence-corrected chi connectivity index (χ2v) is 29.0. The monoisotopic (exact) mass is 1230 g/mol. The molecule has 0 aliphatic rings. The highest BCUT2D eigenvalue weighted by molar-refractivity contribution is 7.47. The van der Waals surface area contributed by atoms with Crippen molar-refractivity contribution in [1.29, 1.82) is 0 Å². The van der Waals surface area contributed by atoms with Gasteiger partial charge in [-0.3, -0.25) is 18.6 Å². The van der Waals surface area contributed by atoms with E-state index < -0.39 is 20.0 Å². The van der Waals surface area contributed by atoms with Crippen LogP contribution in [0.3, 0.4) is 0 Å². The Morgan fingerprint density at radius 1 is 0.395 bits per heavy atom. The van der Waals surface area contributed by atoms with Crippen molar-refractivity contribution in [2.24, 2.45) is 0 Å². The number of quaternary nitrogens is 1. The summed E-state index contributed by atoms with van der Waals surface area (Å²) < 4.78 is 30.9. The topological polar surface area (TPSA) is 111 Å². The lowest BCUT2D eigenvalue weighted by Gasteiger charge is -2.27. The van der Waals surface area contributed by atoms with E-state index in [0.717, 1.165) is 57.8 Å². The number of esters is 1. The maximum absolute atomic E-state index is 13.6. The third kappa shape index (κ3) is 66.9. The summed E-state index contributed by atoms with van der Waals surface area (Å²) in [5, 5.41) is 3.08. The van der Waals surface area contributed by atoms with Gasteiger partial charge in [0.15, 0.2) is 0 Å². The number of hydrogen-bond donors (Lipinski definition) is 2. The number of phosphoric acid groups is 1. The lowest BCUT2D eigenvalue weighted by atomic mass is 10.0. The molecule has 0 rings (SSSR count). The molecule has 2 N–H and O–H groups in total. The summed E-state index contributed by atoms with van der Waals surface area (Å²) in [5.41, 5.74) is 0. The SMILES string of the molecule is CCCCCCCC/C=C/CCCCCCCCCCCCCCCCCC(=O)NC(COP(=O)(O)OCC[N+](C)(C)C)C(/C=C/CCCCCCCCCCCC)OC(=O)CCCCCCCCCCCCCCCCCCCCCCCCC. The standard InChI is InChI=1S/C76H149N2O7P/c1-7-10-13-16-19-22-25-28-30-32-34-36-38-39-41-42-44-46-48-50-53-56-59-62-65-68-75(79)77-73(72-84-86(81,82)83-71-70-78(4,5)6)74(67-64-61-58-55-52-27-24-21-18-15-12-9-3)85-76(80)69-66-63-60-57-54-51-49-47-45-43-40-37-35-33-31-29-26-23-20-17-14-11-8-2/h28,30,64,67,73-74H,7-27,29,31-63,65-66,68-72H2,1-6H3,(H-,77,79,81,82)/p+1/b30-28+,67-64+. The average molecular weight is 1240 g/mol. The van der Waals surface area contributed by atoms with E-state index >= 15 is 0 Å². The normalized spacial score (nSPS) is 13.5. The van der Waals surface area contributed by atoms with Crippen LogP contribution in [0.15, 0.2) is 24.3 Å². The molecule has 0 heterocycles. The molecule has 510 valence electrons. The minimum Gasteiger partial charge on any atom is -0.456 e. The third-order valence-corrected chi connectivity index (χ3v) is 18.6. The summed E-state index contributed by atoms with van der Waals surface area (Å²) in [5.74, 6) is -0.478. The second-order valence-electron chi connectivity index (χ2n) is 27.5. The first-order valence-electron chi connectivity index (χ1n) is 38.2. The summed E-state index contributed by atoms with van der Waals surface area (Å²) in [6.07, 6.45) is 82.1. The fraction of sp³-hybridized carbons (Fsp3) is 0.921. The quantitative estimate of drug-likeness (QED) is 0.0205. The van der Waals surface area contributed by atoms with Gasteiger partial charge in [0, 0.05) is 12.8 Å². The number of nitrogens with zero attached hydrogens (tertiary/aromatic N) is 1. The number of phosphoric ester groups is 1. The molecule has 0 saturated heterocycles. The number of amides is 1. The van der Waals surface area contributed by atoms with E-state index in [0.29, 0.717) is 23.9 Å². The van der Waals surface area contributed by atoms with Crippen molar-refractivity contribution in [3.63, 3.8) is 0 Å². The Morgan fingerprint density at radius 3 is 0.988 bits per heavy atom. The van der Waals surface area contributed by atoms with Gasteiger partial charge >= 0.3 is 13.8 Å². The zero-order chi connectivity index (χ0) is 62.8. The molecule has 0 aromatic rings. The summed E-state index contributed by atoms with van der Waals surface area (Å²) in [6, 6.07) is -0.843. The molecule has 0 aromatic carbocycles. The Hall–Kier alpha value is -1.51. The van der Waals surface area contributed by atoms with Crippen LogP contribution < -0.4 is 5.32 Å². The number of nitrogens with one attached hydrogen (secondary N) is 1. The van der Waals surface area contributed by atoms with Gasteiger partial charge < -0.3 is 19.4 Å². The summed E-state index contributed by atoms with van der Waals surface area (Å²) in [7, 11) is 1.52. The molecule has 0 aromatic heterocycles. The molecule has 0 aliphatic carbocycles. The third-order valence-electron chi connectivity index (χ3n) is 17.6. The Morgan fingerprint density at radius 2 is 0.674 bits per heavy atom. The molecule has 1 amide bonds. The molecule has 0 fully saturated rings. The van der Waals surface area contributed by atoms with E-state index in [2.05, 4.69) is 44.3 Å². The summed E-state index contributed by atoms with van der Waals surface area (Å²) in [4.78, 5) is 38.0. The smallest absolute Gasteiger partial charge is 0.456 e. The molecule has 0 aliphatic heterocycles. The van der Waals surface area contributed by atoms with Crippen LogP contribution in [0, 0.1) is 0 Å². The first-order chi connectivity index (χ1) is 41.9. The number of allylic oxidation sites excluding steroid dienone is 3. The molecule has 3 unspecified atom stereocenters. The lowest BCUT2D eigenvalue weighted by Crippen LogP contribution is -2.47. The fourth-order valence-electron chi connectivity index (χ4n) is 11.8. The van der Waals surface area contributed by atoms with Crippen molar-refractivity contribution in [3.05, 3.63) is 24.3 Å². The fourth-order valence-corrected chi connectivity index (χ4v) is 12.5. The highest BCUT2D eigenvalue weighted by Gasteiger charge is 2.30. The van der Waals surface area contributed by atoms with Crippen LogP contribution in [-0.4, -0.2) is 74.3 Å². The summed E-state index contributed by atoms with van der Waals surface area (Å²) >= 11 is 0. The number of likely N-dealkylation sites (N-methyl/N-ethyl adjacent to an activating group) is 1. The second kappa shape index (κ2) is 66.4. The largest absolute Gasteiger partial charge is 0.472 e. The van der Waals surface area contributed by atoms with Gasteiger partial charge in [-0.2, -0.15) is 0 Å². The molecule has 0 saturated carbocycles. The number of hydrogen-bond acceptors (Lipinski definition) is 6. The van der Waals surface area contributed by atoms with Crippen LogP contribution in [0.4, 0.5) is 0 Å². The number of rotatable bonds is 71. The van der Waals surface area contributed by atoms with Crippen LogP contribution in [0.1, 0.15) is 400 Å². The predicted molar refractivity (Wildman–Crippen MR) is 374 cm³/mol. The molecule has 86 heavy (non-hydrogen) atoms. The van der Waals surface area contributed by atoms with Gasteiger partial charge in [-0.05, 0) is 57.4 Å². The molecule has 10 heteroatoms. The zero-order valence-corrected chi connectivity index (χ0v) is 59.5. The van der Waals surface area contributed by atoms with E-state index in [1.54, 1.807) is 0 Å². The number of ether oxygens (including phenoxy) is 1. The van der Waals surface area contributed by atoms with Gasteiger partial charge in [0.1, 0.15) is 19.3 Å². The number of unbranched alkanes of at least 4 members (excludes halogenated alkanes) is 53. The number of carbonyl (C=O) groups excluding carboxylic acids is 2. The van der Waals surface area contributed by atoms with Gasteiger partial charge in [0.2, 0.25) is 5.91 Å². The van der Waals surface area contributed by atoms with E-state index in [-0.39, 0.29) is 25.1 Å². The highest BCUT2D eigenvalue weighted by atomic mass is 31.2. The first-order valence-corrected chi connectivity index (χ1v) is 39.7. The van der Waals surface area contributed by atoms with Gasteiger partial charge in [-0.1, -0.05) is 354 Å². The Balaban J connectivity index is 4.94. The van der Waals surface area contributed by atoms with E-state index in [9.17, 15) is 19.0 Å². The van der Waals surface area contributed by atoms with Crippen LogP contribution >= 0.6 is 7.82 Å². The van der Waals surface area contributed by atoms with Crippen LogP contribution in [0.2, 0.25) is 0 Å². The predicted octanol–water partition coefficient (Wildman–Crippen LogP) is 24.4. The van der Waals surface area contributed by atoms with Crippen LogP contribution in [-0.2, 0) is 27.9 Å². The van der Waals surface area contributed by atoms with Crippen molar-refractivity contribution in [2.75, 3.05) is 40.9 Å². The maximum Gasteiger partial charge on any atom is 0.472 e. The Labute approximate surface area is 536 Å². The molecular weight excluding hydrogens is 1080 g/mol. The van der Waals surface area contributed by atoms with Crippen molar-refractivity contribution < 1.29 is 37.3 Å². The molecular formula is C76H150N2O7P+. The van der Waals surface area contributed by atoms with Gasteiger partial charge in [0.05, 0.1) is 33.8 Å². The molecule has 9 nitrogen and oxygen atoms in total. The minimum absolute atomic E-state index is 0.0448. The molecule has 3 atom stereocenters. The van der Waals surface area contributed by atoms with Gasteiger partial charge in [-0.15, -0.1) is 0 Å². The minimum atomic E-state index is -4.45. The Bertz CT molecular complexity index is 1520. The molecule has 0 spiro atoms. The van der Waals surface area contributed by atoms with Crippen molar-refractivity contribution in [3.8, 4) is 0 Å². The number of carbonyl (C=O) groups is 2. The molecule has 0 bridgehead atoms. The lowest BCUT2D eigenvalue weighted by molar-refractivity contribution is -0.870. The van der Waals surface area contributed by atoms with Gasteiger partial charge in [-0.25, -0.2) is 4.57 Å². The zero-order valence-electron chi connectivity index (χ0n) is 58.6. The van der Waals surface area contributed by atoms with E-state index in [1.807, 2.05) is 27.2 Å². The average Bonchev–Trinajstić information content (AvgIpc) is 3.69. The van der Waals surface area contributed by atoms with Crippen molar-refractivity contribution >= 4 is 19.7 Å². The maximum atomic E-state index is 13.6. The van der Waals surface area contributed by atoms with E-state index in [1.165, 1.54) is 308 Å². The first kappa shape index (κ1) is 84.5. The van der Waals surface area contributed by atoms with Crippen molar-refractivity contribution in [2.45, 2.75) is 412 Å². The van der Waals surface area contributed by atoms with Gasteiger partial charge in [0.25, 0.3) is 0 Å². The molecule has 0 radical (unpaired) electrons. The summed E-state index contributed by atoms with van der Waals surface area (Å²) in [6.45, 7) is 7.09. The Kier molecular flexibility index (Phi) is 65.2. The van der Waals surface area contributed by atoms with Crippen LogP contribution in [0.5, 0.6) is 0 Å². The van der Waals surface area contributed by atoms with E-state index in [4.69, 9.17) is 13.8 Å².